The van der Waals surface area contributed by atoms with Crippen LogP contribution in [-0.2, 0) is 11.2 Å². The second-order valence-electron chi connectivity index (χ2n) is 7.83. The van der Waals surface area contributed by atoms with E-state index in [1.165, 1.54) is 10.9 Å². The maximum atomic E-state index is 13.2. The van der Waals surface area contributed by atoms with E-state index in [9.17, 15) is 4.79 Å². The molecule has 1 amide bonds. The van der Waals surface area contributed by atoms with Gasteiger partial charge >= 0.3 is 0 Å². The molecule has 0 unspecified atom stereocenters. The largest absolute Gasteiger partial charge is 0.361 e. The summed E-state index contributed by atoms with van der Waals surface area (Å²) in [7, 11) is 0. The van der Waals surface area contributed by atoms with E-state index in [2.05, 4.69) is 46.1 Å². The summed E-state index contributed by atoms with van der Waals surface area (Å²) < 4.78 is 0. The minimum Gasteiger partial charge on any atom is -0.361 e. The van der Waals surface area contributed by atoms with Gasteiger partial charge < -0.3 is 15.6 Å². The van der Waals surface area contributed by atoms with E-state index < -0.39 is 0 Å². The molecule has 30 heavy (non-hydrogen) atoms. The quantitative estimate of drug-likeness (QED) is 0.428. The molecule has 0 saturated carbocycles. The highest BCUT2D eigenvalue weighted by molar-refractivity contribution is 5.95. The van der Waals surface area contributed by atoms with Crippen molar-refractivity contribution < 1.29 is 10.1 Å². The van der Waals surface area contributed by atoms with E-state index in [-0.39, 0.29) is 11.9 Å². The first kappa shape index (κ1) is 19.9. The molecule has 0 aliphatic carbocycles. The van der Waals surface area contributed by atoms with Gasteiger partial charge in [0, 0.05) is 34.8 Å². The third kappa shape index (κ3) is 4.44. The lowest BCUT2D eigenvalue weighted by Gasteiger charge is -2.17. The number of rotatable bonds is 7. The van der Waals surface area contributed by atoms with E-state index in [4.69, 9.17) is 0 Å². The van der Waals surface area contributed by atoms with Gasteiger partial charge in [-0.3, -0.25) is 4.79 Å². The number of aromatic nitrogens is 1. The summed E-state index contributed by atoms with van der Waals surface area (Å²) in [6, 6.07) is 24.2. The van der Waals surface area contributed by atoms with Crippen LogP contribution in [0.2, 0.25) is 0 Å². The summed E-state index contributed by atoms with van der Waals surface area (Å²) in [5.41, 5.74) is 6.53. The van der Waals surface area contributed by atoms with E-state index in [1.807, 2.05) is 62.4 Å². The number of carbonyl (C=O) groups excluding carboxylic acids is 1. The topological polar surface area (TPSA) is 61.5 Å². The average molecular weight is 399 g/mol. The van der Waals surface area contributed by atoms with Crippen molar-refractivity contribution in [3.8, 4) is 0 Å². The smallest absolute Gasteiger partial charge is 0.287 e. The van der Waals surface area contributed by atoms with E-state index in [1.54, 1.807) is 0 Å². The third-order valence-electron chi connectivity index (χ3n) is 5.58. The number of aromatic amines is 1. The van der Waals surface area contributed by atoms with Gasteiger partial charge in [0.25, 0.3) is 5.91 Å². The monoisotopic (exact) mass is 398 g/mol. The minimum absolute atomic E-state index is 0.00817. The van der Waals surface area contributed by atoms with Crippen LogP contribution in [0.15, 0.2) is 79.0 Å². The standard InChI is InChI=1S/C26H27N3O/c1-18-12-13-19(2)24(16-18)29-26(30)25(20-8-4-3-5-9-20)27-15-14-21-17-28-23-11-7-6-10-22(21)23/h3-13,16-17,25,27-28H,14-15H2,1-2H3,(H,29,30)/p+1/t25-/m0/s1. The fourth-order valence-corrected chi connectivity index (χ4v) is 3.88. The van der Waals surface area contributed by atoms with Crippen molar-refractivity contribution in [1.29, 1.82) is 0 Å². The van der Waals surface area contributed by atoms with E-state index in [0.29, 0.717) is 0 Å². The van der Waals surface area contributed by atoms with Gasteiger partial charge in [-0.05, 0) is 42.7 Å². The Morgan fingerprint density at radius 2 is 1.77 bits per heavy atom. The zero-order valence-corrected chi connectivity index (χ0v) is 17.5. The molecule has 3 aromatic carbocycles. The van der Waals surface area contributed by atoms with Gasteiger partial charge in [-0.2, -0.15) is 0 Å². The number of nitrogens with two attached hydrogens (primary N) is 1. The fraction of sp³-hybridized carbons (Fsp3) is 0.192. The molecule has 4 N–H and O–H groups in total. The Balaban J connectivity index is 1.50. The lowest BCUT2D eigenvalue weighted by atomic mass is 10.0. The number of carbonyl (C=O) groups is 1. The molecule has 0 radical (unpaired) electrons. The highest BCUT2D eigenvalue weighted by Gasteiger charge is 2.24. The second kappa shape index (κ2) is 8.97. The summed E-state index contributed by atoms with van der Waals surface area (Å²) in [6.45, 7) is 4.88. The van der Waals surface area contributed by atoms with Crippen LogP contribution in [0.5, 0.6) is 0 Å². The summed E-state index contributed by atoms with van der Waals surface area (Å²) in [5, 5.41) is 6.53. The van der Waals surface area contributed by atoms with Gasteiger partial charge in [0.05, 0.1) is 6.54 Å². The van der Waals surface area contributed by atoms with Gasteiger partial charge in [-0.15, -0.1) is 0 Å². The summed E-state index contributed by atoms with van der Waals surface area (Å²) in [5.74, 6) is 0.00817. The van der Waals surface area contributed by atoms with Gasteiger partial charge in [0.15, 0.2) is 6.04 Å². The maximum Gasteiger partial charge on any atom is 0.287 e. The Morgan fingerprint density at radius 3 is 2.60 bits per heavy atom. The van der Waals surface area contributed by atoms with Crippen molar-refractivity contribution in [1.82, 2.24) is 4.98 Å². The van der Waals surface area contributed by atoms with Crippen LogP contribution in [0.25, 0.3) is 10.9 Å². The van der Waals surface area contributed by atoms with Gasteiger partial charge in [0.1, 0.15) is 0 Å². The number of nitrogens with one attached hydrogen (secondary N) is 2. The van der Waals surface area contributed by atoms with E-state index in [0.717, 1.165) is 40.9 Å². The Hall–Kier alpha value is -3.37. The minimum atomic E-state index is -0.295. The molecule has 0 aliphatic heterocycles. The lowest BCUT2D eigenvalue weighted by Crippen LogP contribution is -2.87. The van der Waals surface area contributed by atoms with Gasteiger partial charge in [-0.25, -0.2) is 0 Å². The molecular weight excluding hydrogens is 370 g/mol. The molecule has 4 aromatic rings. The van der Waals surface area contributed by atoms with Crippen LogP contribution in [0.1, 0.15) is 28.3 Å². The Bertz CT molecular complexity index is 1150. The maximum absolute atomic E-state index is 13.2. The number of aryl methyl sites for hydroxylation is 2. The summed E-state index contributed by atoms with van der Waals surface area (Å²) in [6.07, 6.45) is 2.97. The SMILES string of the molecule is Cc1ccc(C)c(NC(=O)[C@@H]([NH2+]CCc2c[nH]c3ccccc23)c2ccccc2)c1. The number of H-pyrrole nitrogens is 1. The number of quaternary nitrogens is 1. The van der Waals surface area contributed by atoms with Crippen molar-refractivity contribution in [2.45, 2.75) is 26.3 Å². The average Bonchev–Trinajstić information content (AvgIpc) is 3.17. The molecule has 4 heteroatoms. The first-order valence-corrected chi connectivity index (χ1v) is 10.4. The normalized spacial score (nSPS) is 12.1. The molecule has 0 bridgehead atoms. The molecule has 0 fully saturated rings. The molecule has 1 atom stereocenters. The number of benzene rings is 3. The molecule has 0 spiro atoms. The van der Waals surface area contributed by atoms with Crippen molar-refractivity contribution in [2.75, 3.05) is 11.9 Å². The van der Waals surface area contributed by atoms with Crippen molar-refractivity contribution >= 4 is 22.5 Å². The van der Waals surface area contributed by atoms with Gasteiger partial charge in [0.2, 0.25) is 0 Å². The molecular formula is C26H28N3O+. The second-order valence-corrected chi connectivity index (χ2v) is 7.83. The fourth-order valence-electron chi connectivity index (χ4n) is 3.88. The van der Waals surface area contributed by atoms with Crippen molar-refractivity contribution in [2.24, 2.45) is 0 Å². The number of fused-ring (bicyclic) bond motifs is 1. The molecule has 0 aliphatic rings. The molecule has 152 valence electrons. The van der Waals surface area contributed by atoms with Crippen LogP contribution >= 0.6 is 0 Å². The zero-order chi connectivity index (χ0) is 20.9. The van der Waals surface area contributed by atoms with Gasteiger partial charge in [-0.1, -0.05) is 60.7 Å². The number of amides is 1. The van der Waals surface area contributed by atoms with E-state index >= 15 is 0 Å². The number of hydrogen-bond donors (Lipinski definition) is 3. The first-order valence-electron chi connectivity index (χ1n) is 10.4. The summed E-state index contributed by atoms with van der Waals surface area (Å²) >= 11 is 0. The molecule has 1 aromatic heterocycles. The third-order valence-corrected chi connectivity index (χ3v) is 5.58. The zero-order valence-electron chi connectivity index (χ0n) is 17.5. The predicted octanol–water partition coefficient (Wildman–Crippen LogP) is 4.27. The van der Waals surface area contributed by atoms with Crippen LogP contribution in [0.3, 0.4) is 0 Å². The Morgan fingerprint density at radius 1 is 1.00 bits per heavy atom. The Kier molecular flexibility index (Phi) is 5.96. The van der Waals surface area contributed by atoms with Crippen LogP contribution in [-0.4, -0.2) is 17.4 Å². The number of para-hydroxylation sites is 1. The highest BCUT2D eigenvalue weighted by Crippen LogP contribution is 2.20. The van der Waals surface area contributed by atoms with Crippen molar-refractivity contribution in [3.05, 3.63) is 101 Å². The molecule has 4 rings (SSSR count). The van der Waals surface area contributed by atoms with Crippen LogP contribution in [0.4, 0.5) is 5.69 Å². The Labute approximate surface area is 177 Å². The number of hydrogen-bond acceptors (Lipinski definition) is 1. The molecule has 1 heterocycles. The predicted molar refractivity (Wildman–Crippen MR) is 123 cm³/mol. The van der Waals surface area contributed by atoms with Crippen molar-refractivity contribution in [3.63, 3.8) is 0 Å². The summed E-state index contributed by atoms with van der Waals surface area (Å²) in [4.78, 5) is 16.6. The van der Waals surface area contributed by atoms with Crippen LogP contribution in [0, 0.1) is 13.8 Å². The lowest BCUT2D eigenvalue weighted by molar-refractivity contribution is -0.682. The first-order chi connectivity index (χ1) is 14.6. The molecule has 0 saturated heterocycles. The highest BCUT2D eigenvalue weighted by atomic mass is 16.2. The molecule has 4 nitrogen and oxygen atoms in total. The number of anilines is 1. The van der Waals surface area contributed by atoms with Crippen LogP contribution < -0.4 is 10.6 Å².